The zero-order chi connectivity index (χ0) is 19.9. The average molecular weight is 381 g/mol. The highest BCUT2D eigenvalue weighted by Gasteiger charge is 2.51. The lowest BCUT2D eigenvalue weighted by Gasteiger charge is -2.32. The Balaban J connectivity index is 1.68. The lowest BCUT2D eigenvalue weighted by Crippen LogP contribution is -2.41. The lowest BCUT2D eigenvalue weighted by atomic mass is 9.73. The molecule has 1 aromatic carbocycles. The van der Waals surface area contributed by atoms with Crippen molar-refractivity contribution in [3.05, 3.63) is 42.0 Å². The Kier molecular flexibility index (Phi) is 5.13. The Bertz CT molecular complexity index is 811. The molecule has 1 aliphatic carbocycles. The first kappa shape index (κ1) is 19.7. The molecule has 2 aromatic rings. The minimum atomic E-state index is -0.337. The summed E-state index contributed by atoms with van der Waals surface area (Å²) in [7, 11) is 1.71. The maximum atomic E-state index is 6.29. The summed E-state index contributed by atoms with van der Waals surface area (Å²) in [4.78, 5) is 0. The first-order valence-corrected chi connectivity index (χ1v) is 10.6. The summed E-state index contributed by atoms with van der Waals surface area (Å²) in [6.45, 7) is 8.39. The third kappa shape index (κ3) is 3.53. The molecule has 2 heterocycles. The molecule has 0 bridgehead atoms. The number of aryl methyl sites for hydroxylation is 1. The second kappa shape index (κ2) is 7.31. The van der Waals surface area contributed by atoms with Crippen LogP contribution in [0.2, 0.25) is 0 Å². The Morgan fingerprint density at radius 3 is 2.36 bits per heavy atom. The molecule has 0 radical (unpaired) electrons. The van der Waals surface area contributed by atoms with Crippen LogP contribution in [0, 0.1) is 5.92 Å². The molecule has 6 heteroatoms. The van der Waals surface area contributed by atoms with Gasteiger partial charge in [0.05, 0.1) is 11.2 Å². The topological polar surface area (TPSA) is 49.2 Å². The van der Waals surface area contributed by atoms with Crippen LogP contribution in [0.25, 0.3) is 0 Å². The predicted molar refractivity (Wildman–Crippen MR) is 112 cm³/mol. The van der Waals surface area contributed by atoms with E-state index >= 15 is 0 Å². The lowest BCUT2D eigenvalue weighted by molar-refractivity contribution is 0.00578. The van der Waals surface area contributed by atoms with Crippen molar-refractivity contribution >= 4 is 12.6 Å². The molecule has 1 atom stereocenters. The van der Waals surface area contributed by atoms with E-state index in [-0.39, 0.29) is 24.2 Å². The number of aromatic nitrogens is 3. The molecule has 0 spiro atoms. The molecule has 0 amide bonds. The molecular formula is C22H32BN3O2. The second-order valence-corrected chi connectivity index (χ2v) is 9.43. The van der Waals surface area contributed by atoms with Crippen LogP contribution in [0.5, 0.6) is 0 Å². The standard InChI is InChI=1S/C22H32BN3O2/c1-21(2)22(3,4)28-23(27-21)18-13-9-12-17(14-18)19(16-10-7-6-8-11-16)20-25-24-15-26(20)5/h9,12-16,19H,6-8,10-11H2,1-5H3. The van der Waals surface area contributed by atoms with Gasteiger partial charge in [-0.05, 0) is 57.5 Å². The fourth-order valence-electron chi connectivity index (χ4n) is 4.55. The van der Waals surface area contributed by atoms with Crippen LogP contribution in [0.4, 0.5) is 0 Å². The van der Waals surface area contributed by atoms with Gasteiger partial charge in [-0.25, -0.2) is 0 Å². The fraction of sp³-hybridized carbons (Fsp3) is 0.636. The zero-order valence-electron chi connectivity index (χ0n) is 17.8. The van der Waals surface area contributed by atoms with E-state index in [1.807, 2.05) is 13.4 Å². The third-order valence-corrected chi connectivity index (χ3v) is 6.94. The van der Waals surface area contributed by atoms with E-state index in [9.17, 15) is 0 Å². The van der Waals surface area contributed by atoms with E-state index in [1.54, 1.807) is 0 Å². The molecule has 2 aliphatic rings. The van der Waals surface area contributed by atoms with Crippen molar-refractivity contribution in [2.75, 3.05) is 0 Å². The highest BCUT2D eigenvalue weighted by atomic mass is 16.7. The van der Waals surface area contributed by atoms with Gasteiger partial charge in [0, 0.05) is 13.0 Å². The van der Waals surface area contributed by atoms with Gasteiger partial charge in [-0.2, -0.15) is 0 Å². The minimum Gasteiger partial charge on any atom is -0.399 e. The van der Waals surface area contributed by atoms with Crippen molar-refractivity contribution in [2.45, 2.75) is 76.9 Å². The molecule has 5 nitrogen and oxygen atoms in total. The summed E-state index contributed by atoms with van der Waals surface area (Å²) in [5.74, 6) is 1.92. The maximum absolute atomic E-state index is 6.29. The minimum absolute atomic E-state index is 0.259. The first-order valence-electron chi connectivity index (χ1n) is 10.6. The van der Waals surface area contributed by atoms with E-state index in [1.165, 1.54) is 37.7 Å². The number of hydrogen-bond acceptors (Lipinski definition) is 4. The average Bonchev–Trinajstić information content (AvgIpc) is 3.17. The summed E-state index contributed by atoms with van der Waals surface area (Å²) in [5, 5.41) is 8.66. The van der Waals surface area contributed by atoms with Gasteiger partial charge in [0.25, 0.3) is 0 Å². The van der Waals surface area contributed by atoms with Gasteiger partial charge in [-0.15, -0.1) is 10.2 Å². The Morgan fingerprint density at radius 2 is 1.75 bits per heavy atom. The predicted octanol–water partition coefficient (Wildman–Crippen LogP) is 3.83. The van der Waals surface area contributed by atoms with Crippen LogP contribution >= 0.6 is 0 Å². The van der Waals surface area contributed by atoms with Gasteiger partial charge in [-0.3, -0.25) is 0 Å². The van der Waals surface area contributed by atoms with Crippen LogP contribution < -0.4 is 5.46 Å². The fourth-order valence-corrected chi connectivity index (χ4v) is 4.55. The largest absolute Gasteiger partial charge is 0.494 e. The van der Waals surface area contributed by atoms with Gasteiger partial charge >= 0.3 is 7.12 Å². The number of rotatable bonds is 4. The molecular weight excluding hydrogens is 349 g/mol. The van der Waals surface area contributed by atoms with Gasteiger partial charge in [0.2, 0.25) is 0 Å². The molecule has 0 N–H and O–H groups in total. The molecule has 1 aromatic heterocycles. The normalized spacial score (nSPS) is 23.1. The monoisotopic (exact) mass is 381 g/mol. The zero-order valence-corrected chi connectivity index (χ0v) is 17.8. The van der Waals surface area contributed by atoms with Gasteiger partial charge in [0.1, 0.15) is 12.2 Å². The van der Waals surface area contributed by atoms with Crippen LogP contribution in [0.3, 0.4) is 0 Å². The van der Waals surface area contributed by atoms with Crippen LogP contribution in [0.1, 0.15) is 77.1 Å². The van der Waals surface area contributed by atoms with E-state index in [0.29, 0.717) is 5.92 Å². The van der Waals surface area contributed by atoms with E-state index in [4.69, 9.17) is 9.31 Å². The van der Waals surface area contributed by atoms with Gasteiger partial charge < -0.3 is 13.9 Å². The summed E-state index contributed by atoms with van der Waals surface area (Å²) >= 11 is 0. The Hall–Kier alpha value is -1.66. The van der Waals surface area contributed by atoms with Crippen LogP contribution in [-0.2, 0) is 16.4 Å². The summed E-state index contributed by atoms with van der Waals surface area (Å²) < 4.78 is 14.6. The number of hydrogen-bond donors (Lipinski definition) is 0. The molecule has 4 rings (SSSR count). The molecule has 1 unspecified atom stereocenters. The van der Waals surface area contributed by atoms with Gasteiger partial charge in [-0.1, -0.05) is 43.5 Å². The number of benzene rings is 1. The molecule has 28 heavy (non-hydrogen) atoms. The van der Waals surface area contributed by atoms with Gasteiger partial charge in [0.15, 0.2) is 0 Å². The smallest absolute Gasteiger partial charge is 0.399 e. The van der Waals surface area contributed by atoms with Crippen molar-refractivity contribution in [3.8, 4) is 0 Å². The summed E-state index contributed by atoms with van der Waals surface area (Å²) in [6.07, 6.45) is 8.25. The SMILES string of the molecule is Cn1cnnc1C(c1cccc(B2OC(C)(C)C(C)(C)O2)c1)C1CCCCC1. The highest BCUT2D eigenvalue weighted by Crippen LogP contribution is 2.40. The van der Waals surface area contributed by atoms with Crippen LogP contribution in [-0.4, -0.2) is 33.1 Å². The highest BCUT2D eigenvalue weighted by molar-refractivity contribution is 6.62. The van der Waals surface area contributed by atoms with Crippen molar-refractivity contribution in [3.63, 3.8) is 0 Å². The third-order valence-electron chi connectivity index (χ3n) is 6.94. The van der Waals surface area contributed by atoms with Crippen molar-refractivity contribution in [1.82, 2.24) is 14.8 Å². The summed E-state index contributed by atoms with van der Waals surface area (Å²) in [5.41, 5.74) is 1.70. The van der Waals surface area contributed by atoms with E-state index < -0.39 is 0 Å². The summed E-state index contributed by atoms with van der Waals surface area (Å²) in [6, 6.07) is 8.72. The van der Waals surface area contributed by atoms with Crippen molar-refractivity contribution in [1.29, 1.82) is 0 Å². The van der Waals surface area contributed by atoms with Crippen molar-refractivity contribution in [2.24, 2.45) is 13.0 Å². The Morgan fingerprint density at radius 1 is 1.07 bits per heavy atom. The van der Waals surface area contributed by atoms with Crippen LogP contribution in [0.15, 0.2) is 30.6 Å². The van der Waals surface area contributed by atoms with E-state index in [2.05, 4.69) is 66.7 Å². The molecule has 1 saturated carbocycles. The quantitative estimate of drug-likeness (QED) is 0.756. The Labute approximate surface area is 169 Å². The molecule has 1 saturated heterocycles. The number of nitrogens with zero attached hydrogens (tertiary/aromatic N) is 3. The second-order valence-electron chi connectivity index (χ2n) is 9.43. The maximum Gasteiger partial charge on any atom is 0.494 e. The van der Waals surface area contributed by atoms with Crippen molar-refractivity contribution < 1.29 is 9.31 Å². The first-order chi connectivity index (χ1) is 13.3. The molecule has 150 valence electrons. The molecule has 1 aliphatic heterocycles. The van der Waals surface area contributed by atoms with E-state index in [0.717, 1.165) is 11.3 Å². The molecule has 2 fully saturated rings.